The summed E-state index contributed by atoms with van der Waals surface area (Å²) in [6.07, 6.45) is 1.14. The van der Waals surface area contributed by atoms with Crippen LogP contribution in [0.4, 0.5) is 5.69 Å². The first-order chi connectivity index (χ1) is 11.0. The number of benzene rings is 2. The Labute approximate surface area is 146 Å². The first-order valence-electron chi connectivity index (χ1n) is 7.72. The monoisotopic (exact) mass is 351 g/mol. The van der Waals surface area contributed by atoms with Crippen LogP contribution in [0.5, 0.6) is 5.75 Å². The van der Waals surface area contributed by atoms with Crippen LogP contribution in [0.3, 0.4) is 0 Å². The summed E-state index contributed by atoms with van der Waals surface area (Å²) in [7, 11) is 0. The average molecular weight is 352 g/mol. The van der Waals surface area contributed by atoms with E-state index >= 15 is 0 Å². The summed E-state index contributed by atoms with van der Waals surface area (Å²) in [6.45, 7) is 4.21. The van der Waals surface area contributed by atoms with Gasteiger partial charge in [0.1, 0.15) is 5.75 Å². The number of fused-ring (bicyclic) bond motifs is 1. The van der Waals surface area contributed by atoms with Crippen molar-refractivity contribution in [1.29, 1.82) is 0 Å². The van der Waals surface area contributed by atoms with Crippen LogP contribution in [0.1, 0.15) is 44.0 Å². The highest BCUT2D eigenvalue weighted by molar-refractivity contribution is 6.35. The van der Waals surface area contributed by atoms with E-state index in [9.17, 15) is 5.11 Å². The first-order valence-corrected chi connectivity index (χ1v) is 8.48. The van der Waals surface area contributed by atoms with Crippen molar-refractivity contribution in [3.8, 4) is 5.75 Å². The quantitative estimate of drug-likeness (QED) is 0.727. The predicted octanol–water partition coefficient (Wildman–Crippen LogP) is 5.86. The van der Waals surface area contributed by atoms with Gasteiger partial charge in [-0.25, -0.2) is 0 Å². The number of aromatic hydroxyl groups is 1. The fraction of sp³-hybridized carbons (Fsp3) is 0.333. The van der Waals surface area contributed by atoms with Gasteiger partial charge < -0.3 is 15.2 Å². The number of phenolic OH excluding ortho intramolecular Hbond substituents is 1. The smallest absolute Gasteiger partial charge is 0.158 e. The molecule has 2 aromatic carbocycles. The molecule has 1 atom stereocenters. The molecular formula is C18H19Cl2NO2. The third-order valence-corrected chi connectivity index (χ3v) is 5.04. The molecule has 1 aliphatic heterocycles. The van der Waals surface area contributed by atoms with E-state index < -0.39 is 11.8 Å². The van der Waals surface area contributed by atoms with Crippen molar-refractivity contribution < 1.29 is 9.84 Å². The summed E-state index contributed by atoms with van der Waals surface area (Å²) in [5.41, 5.74) is 2.27. The molecule has 0 saturated carbocycles. The molecule has 0 radical (unpaired) electrons. The molecule has 3 nitrogen and oxygen atoms in total. The molecule has 0 aliphatic carbocycles. The Morgan fingerprint density at radius 3 is 2.57 bits per heavy atom. The molecule has 0 spiro atoms. The van der Waals surface area contributed by atoms with Crippen molar-refractivity contribution in [2.24, 2.45) is 0 Å². The van der Waals surface area contributed by atoms with Gasteiger partial charge in [-0.2, -0.15) is 0 Å². The molecule has 5 heteroatoms. The Kier molecular flexibility index (Phi) is 4.45. The van der Waals surface area contributed by atoms with Crippen LogP contribution in [0.25, 0.3) is 0 Å². The zero-order valence-corrected chi connectivity index (χ0v) is 14.6. The van der Waals surface area contributed by atoms with Gasteiger partial charge in [0.15, 0.2) is 6.23 Å². The highest BCUT2D eigenvalue weighted by Crippen LogP contribution is 2.48. The largest absolute Gasteiger partial charge is 0.506 e. The third-order valence-electron chi connectivity index (χ3n) is 4.53. The Morgan fingerprint density at radius 1 is 1.17 bits per heavy atom. The van der Waals surface area contributed by atoms with Gasteiger partial charge in [0, 0.05) is 21.8 Å². The lowest BCUT2D eigenvalue weighted by atomic mass is 9.85. The maximum Gasteiger partial charge on any atom is 0.158 e. The minimum absolute atomic E-state index is 0.00551. The number of hydrogen-bond donors (Lipinski definition) is 2. The van der Waals surface area contributed by atoms with Gasteiger partial charge in [-0.3, -0.25) is 0 Å². The summed E-state index contributed by atoms with van der Waals surface area (Å²) < 4.78 is 6.39. The van der Waals surface area contributed by atoms with Crippen molar-refractivity contribution in [2.75, 3.05) is 5.32 Å². The van der Waals surface area contributed by atoms with E-state index in [1.54, 1.807) is 6.07 Å². The molecule has 0 amide bonds. The van der Waals surface area contributed by atoms with Crippen LogP contribution in [-0.2, 0) is 10.3 Å². The van der Waals surface area contributed by atoms with E-state index in [2.05, 4.69) is 25.2 Å². The van der Waals surface area contributed by atoms with Crippen LogP contribution in [-0.4, -0.2) is 5.11 Å². The number of hydrogen-bond acceptors (Lipinski definition) is 3. The molecule has 1 heterocycles. The van der Waals surface area contributed by atoms with E-state index in [-0.39, 0.29) is 10.8 Å². The lowest BCUT2D eigenvalue weighted by Crippen LogP contribution is -2.38. The second-order valence-electron chi connectivity index (χ2n) is 5.71. The minimum atomic E-state index is -0.513. The van der Waals surface area contributed by atoms with Crippen LogP contribution in [0.15, 0.2) is 36.4 Å². The molecule has 0 unspecified atom stereocenters. The third kappa shape index (κ3) is 2.78. The second-order valence-corrected chi connectivity index (χ2v) is 6.56. The van der Waals surface area contributed by atoms with Gasteiger partial charge in [0.2, 0.25) is 0 Å². The van der Waals surface area contributed by atoms with Crippen molar-refractivity contribution in [1.82, 2.24) is 0 Å². The van der Waals surface area contributed by atoms with Crippen molar-refractivity contribution in [3.63, 3.8) is 0 Å². The Morgan fingerprint density at radius 2 is 1.87 bits per heavy atom. The summed E-state index contributed by atoms with van der Waals surface area (Å²) in [5.74, 6) is -0.00551. The van der Waals surface area contributed by atoms with Crippen molar-refractivity contribution >= 4 is 28.9 Å². The standard InChI is InChI=1S/C18H19Cl2NO2/c1-3-18(4-2)13-7-5-6-8-15(13)21-17(23-18)12-9-11(19)10-14(20)16(12)22/h5-10,17,21-22H,3-4H2,1-2H3/t17-/m0/s1. The maximum absolute atomic E-state index is 10.3. The number of ether oxygens (including phenoxy) is 1. The van der Waals surface area contributed by atoms with E-state index in [0.717, 1.165) is 24.1 Å². The maximum atomic E-state index is 10.3. The summed E-state index contributed by atoms with van der Waals surface area (Å²) in [6, 6.07) is 11.3. The molecule has 2 aromatic rings. The number of nitrogens with one attached hydrogen (secondary N) is 1. The molecule has 2 N–H and O–H groups in total. The molecule has 0 fully saturated rings. The van der Waals surface area contributed by atoms with Gasteiger partial charge in [-0.05, 0) is 31.0 Å². The lowest BCUT2D eigenvalue weighted by molar-refractivity contribution is -0.104. The van der Waals surface area contributed by atoms with E-state index in [1.807, 2.05) is 18.2 Å². The molecule has 1 aliphatic rings. The van der Waals surface area contributed by atoms with Gasteiger partial charge in [-0.15, -0.1) is 0 Å². The highest BCUT2D eigenvalue weighted by atomic mass is 35.5. The topological polar surface area (TPSA) is 41.5 Å². The van der Waals surface area contributed by atoms with Crippen molar-refractivity contribution in [2.45, 2.75) is 38.5 Å². The number of rotatable bonds is 3. The Hall–Kier alpha value is -1.42. The van der Waals surface area contributed by atoms with Crippen LogP contribution >= 0.6 is 23.2 Å². The van der Waals surface area contributed by atoms with Gasteiger partial charge in [0.25, 0.3) is 0 Å². The minimum Gasteiger partial charge on any atom is -0.506 e. The van der Waals surface area contributed by atoms with E-state index in [1.165, 1.54) is 6.07 Å². The SMILES string of the molecule is CCC1(CC)O[C@@H](c2cc(Cl)cc(Cl)c2O)Nc2ccccc21. The van der Waals surface area contributed by atoms with Gasteiger partial charge in [-0.1, -0.05) is 55.2 Å². The zero-order chi connectivity index (χ0) is 16.6. The molecule has 0 bridgehead atoms. The van der Waals surface area contributed by atoms with Crippen LogP contribution < -0.4 is 5.32 Å². The number of para-hydroxylation sites is 1. The second kappa shape index (κ2) is 6.23. The Balaban J connectivity index is 2.11. The fourth-order valence-corrected chi connectivity index (χ4v) is 3.70. The first kappa shape index (κ1) is 16.4. The molecule has 0 saturated heterocycles. The average Bonchev–Trinajstić information content (AvgIpc) is 2.57. The van der Waals surface area contributed by atoms with Gasteiger partial charge in [0.05, 0.1) is 10.6 Å². The number of anilines is 1. The van der Waals surface area contributed by atoms with Gasteiger partial charge >= 0.3 is 0 Å². The Bertz CT molecular complexity index is 729. The summed E-state index contributed by atoms with van der Waals surface area (Å²) in [4.78, 5) is 0. The molecule has 122 valence electrons. The van der Waals surface area contributed by atoms with E-state index in [4.69, 9.17) is 27.9 Å². The number of halogens is 2. The summed E-state index contributed by atoms with van der Waals surface area (Å²) >= 11 is 12.2. The fourth-order valence-electron chi connectivity index (χ4n) is 3.19. The zero-order valence-electron chi connectivity index (χ0n) is 13.1. The van der Waals surface area contributed by atoms with Crippen LogP contribution in [0, 0.1) is 0 Å². The highest BCUT2D eigenvalue weighted by Gasteiger charge is 2.39. The molecular weight excluding hydrogens is 333 g/mol. The van der Waals surface area contributed by atoms with Crippen molar-refractivity contribution in [3.05, 3.63) is 57.6 Å². The normalized spacial score (nSPS) is 19.0. The number of phenols is 1. The lowest BCUT2D eigenvalue weighted by Gasteiger charge is -2.43. The van der Waals surface area contributed by atoms with Crippen LogP contribution in [0.2, 0.25) is 10.0 Å². The predicted molar refractivity (Wildman–Crippen MR) is 94.3 cm³/mol. The van der Waals surface area contributed by atoms with E-state index in [0.29, 0.717) is 10.6 Å². The molecule has 3 rings (SSSR count). The molecule has 0 aromatic heterocycles. The molecule has 23 heavy (non-hydrogen) atoms. The summed E-state index contributed by atoms with van der Waals surface area (Å²) in [5, 5.41) is 14.3.